The fourth-order valence-electron chi connectivity index (χ4n) is 2.14. The van der Waals surface area contributed by atoms with Gasteiger partial charge in [-0.3, -0.25) is 4.79 Å². The predicted molar refractivity (Wildman–Crippen MR) is 59.1 cm³/mol. The van der Waals surface area contributed by atoms with Gasteiger partial charge in [-0.2, -0.15) is 0 Å². The van der Waals surface area contributed by atoms with Crippen LogP contribution in [0, 0.1) is 11.6 Å². The summed E-state index contributed by atoms with van der Waals surface area (Å²) in [5.74, 6) is -1.35. The van der Waals surface area contributed by atoms with Crippen LogP contribution in [0.15, 0.2) is 18.2 Å². The van der Waals surface area contributed by atoms with Crippen molar-refractivity contribution in [2.24, 2.45) is 5.73 Å². The molecule has 1 aliphatic heterocycles. The fraction of sp³-hybridized carbons (Fsp3) is 0.417. The number of likely N-dealkylation sites (tertiary alicyclic amines) is 1. The van der Waals surface area contributed by atoms with Crippen molar-refractivity contribution in [3.05, 3.63) is 35.4 Å². The van der Waals surface area contributed by atoms with Crippen molar-refractivity contribution in [2.75, 3.05) is 6.54 Å². The molecule has 92 valence electrons. The van der Waals surface area contributed by atoms with Crippen LogP contribution in [0.1, 0.15) is 24.9 Å². The van der Waals surface area contributed by atoms with Crippen LogP contribution in [0.4, 0.5) is 8.78 Å². The molecule has 5 heteroatoms. The number of amides is 1. The number of hydrogen-bond acceptors (Lipinski definition) is 2. The summed E-state index contributed by atoms with van der Waals surface area (Å²) in [7, 11) is 0. The second kappa shape index (κ2) is 4.41. The van der Waals surface area contributed by atoms with Crippen molar-refractivity contribution >= 4 is 5.91 Å². The normalized spacial score (nSPS) is 22.0. The lowest BCUT2D eigenvalue weighted by atomic mass is 10.1. The molecule has 0 aliphatic carbocycles. The molecular formula is C12H14F2N2O. The maximum absolute atomic E-state index is 13.6. The summed E-state index contributed by atoms with van der Waals surface area (Å²) < 4.78 is 26.4. The molecule has 0 spiro atoms. The quantitative estimate of drug-likeness (QED) is 0.853. The number of nitrogens with zero attached hydrogens (tertiary/aromatic N) is 1. The molecule has 2 atom stereocenters. The molecule has 1 aromatic carbocycles. The standard InChI is InChI=1S/C12H14F2N2O/c1-7(16-6-9(15)5-12(16)17)10-3-2-8(13)4-11(10)14/h2-4,7,9H,5-6,15H2,1H3. The Kier molecular flexibility index (Phi) is 3.11. The zero-order chi connectivity index (χ0) is 12.6. The van der Waals surface area contributed by atoms with Crippen LogP contribution in [-0.2, 0) is 4.79 Å². The molecule has 1 aliphatic rings. The van der Waals surface area contributed by atoms with Gasteiger partial charge in [-0.25, -0.2) is 8.78 Å². The van der Waals surface area contributed by atoms with E-state index in [0.29, 0.717) is 12.1 Å². The van der Waals surface area contributed by atoms with E-state index < -0.39 is 17.7 Å². The lowest BCUT2D eigenvalue weighted by Crippen LogP contribution is -2.31. The lowest BCUT2D eigenvalue weighted by molar-refractivity contribution is -0.129. The Balaban J connectivity index is 2.25. The smallest absolute Gasteiger partial charge is 0.224 e. The van der Waals surface area contributed by atoms with Gasteiger partial charge in [0.1, 0.15) is 11.6 Å². The molecule has 0 aromatic heterocycles. The third-order valence-electron chi connectivity index (χ3n) is 3.07. The molecule has 3 nitrogen and oxygen atoms in total. The van der Waals surface area contributed by atoms with Gasteiger partial charge >= 0.3 is 0 Å². The molecule has 0 saturated carbocycles. The highest BCUT2D eigenvalue weighted by molar-refractivity contribution is 5.79. The van der Waals surface area contributed by atoms with E-state index in [-0.39, 0.29) is 18.4 Å². The van der Waals surface area contributed by atoms with Crippen molar-refractivity contribution in [2.45, 2.75) is 25.4 Å². The molecule has 17 heavy (non-hydrogen) atoms. The Bertz CT molecular complexity index is 450. The Morgan fingerprint density at radius 1 is 1.47 bits per heavy atom. The Morgan fingerprint density at radius 3 is 2.71 bits per heavy atom. The van der Waals surface area contributed by atoms with E-state index >= 15 is 0 Å². The number of halogens is 2. The molecule has 1 aromatic rings. The van der Waals surface area contributed by atoms with Gasteiger partial charge in [-0.1, -0.05) is 6.07 Å². The van der Waals surface area contributed by atoms with Gasteiger partial charge in [0.25, 0.3) is 0 Å². The third kappa shape index (κ3) is 2.29. The first-order chi connectivity index (χ1) is 7.99. The molecule has 2 unspecified atom stereocenters. The summed E-state index contributed by atoms with van der Waals surface area (Å²) in [5, 5.41) is 0. The van der Waals surface area contributed by atoms with Crippen molar-refractivity contribution in [1.29, 1.82) is 0 Å². The van der Waals surface area contributed by atoms with Crippen LogP contribution in [0.25, 0.3) is 0 Å². The maximum Gasteiger partial charge on any atom is 0.224 e. The van der Waals surface area contributed by atoms with E-state index in [1.54, 1.807) is 6.92 Å². The summed E-state index contributed by atoms with van der Waals surface area (Å²) >= 11 is 0. The Morgan fingerprint density at radius 2 is 2.18 bits per heavy atom. The lowest BCUT2D eigenvalue weighted by Gasteiger charge is -2.25. The SMILES string of the molecule is CC(c1ccc(F)cc1F)N1CC(N)CC1=O. The van der Waals surface area contributed by atoms with E-state index in [4.69, 9.17) is 5.73 Å². The predicted octanol–water partition coefficient (Wildman–Crippen LogP) is 1.59. The first-order valence-corrected chi connectivity index (χ1v) is 5.49. The zero-order valence-corrected chi connectivity index (χ0v) is 9.49. The topological polar surface area (TPSA) is 46.3 Å². The van der Waals surface area contributed by atoms with E-state index in [9.17, 15) is 13.6 Å². The van der Waals surface area contributed by atoms with Crippen molar-refractivity contribution in [1.82, 2.24) is 4.90 Å². The average Bonchev–Trinajstić information content (AvgIpc) is 2.57. The molecule has 2 N–H and O–H groups in total. The van der Waals surface area contributed by atoms with Crippen LogP contribution in [0.5, 0.6) is 0 Å². The van der Waals surface area contributed by atoms with Crippen LogP contribution < -0.4 is 5.73 Å². The zero-order valence-electron chi connectivity index (χ0n) is 9.49. The summed E-state index contributed by atoms with van der Waals surface area (Å²) in [6.45, 7) is 2.13. The maximum atomic E-state index is 13.6. The van der Waals surface area contributed by atoms with E-state index in [2.05, 4.69) is 0 Å². The highest BCUT2D eigenvalue weighted by atomic mass is 19.1. The minimum atomic E-state index is -0.634. The molecule has 1 fully saturated rings. The van der Waals surface area contributed by atoms with Gasteiger partial charge < -0.3 is 10.6 Å². The first kappa shape index (κ1) is 12.0. The first-order valence-electron chi connectivity index (χ1n) is 5.49. The molecule has 1 heterocycles. The van der Waals surface area contributed by atoms with Gasteiger partial charge in [0, 0.05) is 30.6 Å². The molecule has 1 amide bonds. The van der Waals surface area contributed by atoms with Gasteiger partial charge in [0.05, 0.1) is 6.04 Å². The van der Waals surface area contributed by atoms with E-state index in [1.807, 2.05) is 0 Å². The average molecular weight is 240 g/mol. The molecule has 0 radical (unpaired) electrons. The second-order valence-electron chi connectivity index (χ2n) is 4.35. The van der Waals surface area contributed by atoms with Crippen molar-refractivity contribution in [3.8, 4) is 0 Å². The molecule has 2 rings (SSSR count). The minimum Gasteiger partial charge on any atom is -0.334 e. The number of nitrogens with two attached hydrogens (primary N) is 1. The fourth-order valence-corrected chi connectivity index (χ4v) is 2.14. The number of hydrogen-bond donors (Lipinski definition) is 1. The highest BCUT2D eigenvalue weighted by Gasteiger charge is 2.32. The Labute approximate surface area is 98.2 Å². The van der Waals surface area contributed by atoms with Gasteiger partial charge in [-0.15, -0.1) is 0 Å². The van der Waals surface area contributed by atoms with Crippen LogP contribution >= 0.6 is 0 Å². The number of rotatable bonds is 2. The summed E-state index contributed by atoms with van der Waals surface area (Å²) in [6.07, 6.45) is 0.285. The number of carbonyl (C=O) groups is 1. The van der Waals surface area contributed by atoms with Crippen LogP contribution in [-0.4, -0.2) is 23.4 Å². The minimum absolute atomic E-state index is 0.0891. The molecule has 1 saturated heterocycles. The largest absolute Gasteiger partial charge is 0.334 e. The van der Waals surface area contributed by atoms with Gasteiger partial charge in [0.15, 0.2) is 0 Å². The second-order valence-corrected chi connectivity index (χ2v) is 4.35. The monoisotopic (exact) mass is 240 g/mol. The van der Waals surface area contributed by atoms with Crippen molar-refractivity contribution < 1.29 is 13.6 Å². The Hall–Kier alpha value is -1.49. The number of benzene rings is 1. The third-order valence-corrected chi connectivity index (χ3v) is 3.07. The number of carbonyl (C=O) groups excluding carboxylic acids is 1. The van der Waals surface area contributed by atoms with Crippen molar-refractivity contribution in [3.63, 3.8) is 0 Å². The summed E-state index contributed by atoms with van der Waals surface area (Å²) in [4.78, 5) is 13.2. The van der Waals surface area contributed by atoms with Gasteiger partial charge in [0.2, 0.25) is 5.91 Å². The summed E-state index contributed by atoms with van der Waals surface area (Å²) in [5.41, 5.74) is 5.99. The van der Waals surface area contributed by atoms with E-state index in [1.165, 1.54) is 17.0 Å². The highest BCUT2D eigenvalue weighted by Crippen LogP contribution is 2.27. The van der Waals surface area contributed by atoms with Gasteiger partial charge in [-0.05, 0) is 13.0 Å². The molecular weight excluding hydrogens is 226 g/mol. The van der Waals surface area contributed by atoms with Crippen LogP contribution in [0.3, 0.4) is 0 Å². The molecule has 0 bridgehead atoms. The van der Waals surface area contributed by atoms with Crippen LogP contribution in [0.2, 0.25) is 0 Å². The van der Waals surface area contributed by atoms with E-state index in [0.717, 1.165) is 6.07 Å². The summed E-state index contributed by atoms with van der Waals surface area (Å²) in [6, 6.07) is 2.76.